The van der Waals surface area contributed by atoms with Gasteiger partial charge < -0.3 is 152 Å². The molecule has 0 saturated carbocycles. The Balaban J connectivity index is 1.47. The van der Waals surface area contributed by atoms with Gasteiger partial charge >= 0.3 is 0 Å². The number of ether oxygens (including phenoxy) is 18. The molecule has 15 unspecified atom stereocenters. The van der Waals surface area contributed by atoms with Crippen molar-refractivity contribution in [1.29, 1.82) is 0 Å². The van der Waals surface area contributed by atoms with Crippen molar-refractivity contribution in [3.05, 3.63) is 0 Å². The van der Waals surface area contributed by atoms with Gasteiger partial charge in [0, 0.05) is 69.7 Å². The lowest BCUT2D eigenvalue weighted by atomic mass is 9.92. The molecule has 0 spiro atoms. The van der Waals surface area contributed by atoms with Gasteiger partial charge in [-0.1, -0.05) is 20.8 Å². The summed E-state index contributed by atoms with van der Waals surface area (Å²) in [5.74, 6) is -3.10. The Morgan fingerprint density at radius 3 is 0.875 bits per heavy atom. The second-order valence-corrected chi connectivity index (χ2v) is 22.9. The predicted octanol–water partition coefficient (Wildman–Crippen LogP) is -5.76. The number of rotatable bonds is 59. The molecule has 3 aliphatic heterocycles. The molecule has 564 valence electrons. The Hall–Kier alpha value is -3.20. The number of hydrogen-bond donors (Lipinski definition) is 13. The molecule has 3 fully saturated rings. The van der Waals surface area contributed by atoms with Crippen LogP contribution in [0.2, 0.25) is 0 Å². The fourth-order valence-electron chi connectivity index (χ4n) is 9.56. The predicted molar refractivity (Wildman–Crippen MR) is 333 cm³/mol. The maximum atomic E-state index is 13.6. The van der Waals surface area contributed by atoms with E-state index in [-0.39, 0.29) is 222 Å². The normalized spacial score (nSPS) is 26.7. The lowest BCUT2D eigenvalue weighted by Crippen LogP contribution is -2.59. The van der Waals surface area contributed by atoms with E-state index in [1.807, 2.05) is 6.92 Å². The molecule has 0 aromatic heterocycles. The smallest absolute Gasteiger partial charge is 0.222 e. The summed E-state index contributed by atoms with van der Waals surface area (Å²) >= 11 is 0. The first-order valence-electron chi connectivity index (χ1n) is 33.2. The maximum absolute atomic E-state index is 13.6. The molecule has 3 saturated heterocycles. The summed E-state index contributed by atoms with van der Waals surface area (Å²) in [5.41, 5.74) is -1.40. The Morgan fingerprint density at radius 1 is 0.333 bits per heavy atom. The van der Waals surface area contributed by atoms with E-state index >= 15 is 0 Å². The topological polar surface area (TPSA) is 465 Å². The molecule has 35 heteroatoms. The SMILES string of the molecule is CCOCCOCCOCCC(=O)NC(COCCC(=O)NCCOCCOCCOC1OC(CO)C(O)C(O)C1C)(COCCC(=O)NCCOCCOCCOC1OC(CO)C(O)C(O)C1C)COCCC(=O)NCCOCCOCCOC1OC(CO)C(O)C(O)C1C. The average Bonchev–Trinajstić information content (AvgIpc) is 0.867. The van der Waals surface area contributed by atoms with E-state index in [1.54, 1.807) is 20.8 Å². The van der Waals surface area contributed by atoms with Crippen LogP contribution in [0.3, 0.4) is 0 Å². The highest BCUT2D eigenvalue weighted by Gasteiger charge is 2.45. The first-order valence-corrected chi connectivity index (χ1v) is 33.2. The van der Waals surface area contributed by atoms with E-state index in [0.29, 0.717) is 19.8 Å². The molecule has 0 aliphatic carbocycles. The van der Waals surface area contributed by atoms with Gasteiger partial charge in [-0.3, -0.25) is 19.2 Å². The molecule has 0 bridgehead atoms. The third kappa shape index (κ3) is 36.4. The standard InChI is InChI=1S/C61H114N4O31/c1-5-79-20-21-84-26-22-80-13-9-51(72)65-61(39-88-14-6-48(69)62-10-17-81-23-27-85-30-33-91-58-42(2)52(73)55(76)45(36-66)94-58,40-89-15-7-49(70)63-11-18-82-24-28-86-31-34-92-59-43(3)53(74)56(77)46(37-67)95-59)41-90-16-8-50(71)64-12-19-83-25-29-87-32-35-93-60-44(4)54(75)57(78)47(38-68)96-60/h42-47,52-60,66-68,73-78H,5-41H2,1-4H3,(H,62,69)(H,63,70)(H,64,71)(H,65,72). The number of hydrogen-bond acceptors (Lipinski definition) is 31. The molecule has 35 nitrogen and oxygen atoms in total. The number of aliphatic hydroxyl groups excluding tert-OH is 9. The maximum Gasteiger partial charge on any atom is 0.222 e. The minimum absolute atomic E-state index is 0.0371. The number of nitrogens with one attached hydrogen (secondary N) is 4. The molecule has 13 N–H and O–H groups in total. The first kappa shape index (κ1) is 87.0. The molecule has 0 radical (unpaired) electrons. The largest absolute Gasteiger partial charge is 0.394 e. The summed E-state index contributed by atoms with van der Waals surface area (Å²) in [6, 6.07) is 0. The third-order valence-electron chi connectivity index (χ3n) is 15.3. The van der Waals surface area contributed by atoms with Gasteiger partial charge in [0.05, 0.1) is 210 Å². The first-order chi connectivity index (χ1) is 46.4. The van der Waals surface area contributed by atoms with Gasteiger partial charge in [-0.25, -0.2) is 0 Å². The summed E-state index contributed by atoms with van der Waals surface area (Å²) < 4.78 is 101. The molecule has 0 aromatic carbocycles. The van der Waals surface area contributed by atoms with Crippen molar-refractivity contribution in [3.8, 4) is 0 Å². The summed E-state index contributed by atoms with van der Waals surface area (Å²) in [6.45, 7) is 9.74. The van der Waals surface area contributed by atoms with Gasteiger partial charge in [0.2, 0.25) is 23.6 Å². The van der Waals surface area contributed by atoms with Gasteiger partial charge in [-0.15, -0.1) is 0 Å². The van der Waals surface area contributed by atoms with Crippen LogP contribution in [-0.2, 0) is 104 Å². The molecular formula is C61H114N4O31. The summed E-state index contributed by atoms with van der Waals surface area (Å²) in [7, 11) is 0. The second kappa shape index (κ2) is 53.6. The Labute approximate surface area is 562 Å². The molecule has 3 heterocycles. The van der Waals surface area contributed by atoms with Crippen molar-refractivity contribution in [2.75, 3.05) is 218 Å². The molecule has 0 aromatic rings. The minimum Gasteiger partial charge on any atom is -0.394 e. The zero-order chi connectivity index (χ0) is 70.2. The van der Waals surface area contributed by atoms with Gasteiger partial charge in [0.1, 0.15) is 42.2 Å². The van der Waals surface area contributed by atoms with E-state index in [1.165, 1.54) is 0 Å². The molecule has 3 rings (SSSR count). The fourth-order valence-corrected chi connectivity index (χ4v) is 9.56. The van der Waals surface area contributed by atoms with Crippen molar-refractivity contribution >= 4 is 23.6 Å². The Morgan fingerprint density at radius 2 is 0.583 bits per heavy atom. The zero-order valence-electron chi connectivity index (χ0n) is 56.3. The lowest BCUT2D eigenvalue weighted by molar-refractivity contribution is -0.284. The summed E-state index contributed by atoms with van der Waals surface area (Å²) in [4.78, 5) is 52.3. The van der Waals surface area contributed by atoms with Crippen LogP contribution in [0, 0.1) is 17.8 Å². The quantitative estimate of drug-likeness (QED) is 0.0252. The van der Waals surface area contributed by atoms with E-state index < -0.39 is 123 Å². The van der Waals surface area contributed by atoms with Crippen molar-refractivity contribution in [1.82, 2.24) is 21.3 Å². The second-order valence-electron chi connectivity index (χ2n) is 22.9. The van der Waals surface area contributed by atoms with Crippen LogP contribution in [0.4, 0.5) is 0 Å². The monoisotopic (exact) mass is 1400 g/mol. The molecule has 96 heavy (non-hydrogen) atoms. The zero-order valence-corrected chi connectivity index (χ0v) is 56.3. The third-order valence-corrected chi connectivity index (χ3v) is 15.3. The average molecular weight is 1400 g/mol. The van der Waals surface area contributed by atoms with Gasteiger partial charge in [-0.05, 0) is 6.92 Å². The van der Waals surface area contributed by atoms with Crippen LogP contribution < -0.4 is 21.3 Å². The van der Waals surface area contributed by atoms with Crippen LogP contribution >= 0.6 is 0 Å². The molecule has 4 amide bonds. The Bertz CT molecular complexity index is 1800. The van der Waals surface area contributed by atoms with Crippen LogP contribution in [0.5, 0.6) is 0 Å². The fraction of sp³-hybridized carbons (Fsp3) is 0.934. The van der Waals surface area contributed by atoms with E-state index in [9.17, 15) is 65.1 Å². The minimum atomic E-state index is -1.40. The van der Waals surface area contributed by atoms with E-state index in [2.05, 4.69) is 21.3 Å². The van der Waals surface area contributed by atoms with Gasteiger partial charge in [-0.2, -0.15) is 0 Å². The highest BCUT2D eigenvalue weighted by Crippen LogP contribution is 2.29. The van der Waals surface area contributed by atoms with Crippen molar-refractivity contribution in [2.45, 2.75) is 133 Å². The lowest BCUT2D eigenvalue weighted by Gasteiger charge is -2.40. The van der Waals surface area contributed by atoms with E-state index in [0.717, 1.165) is 0 Å². The number of carbonyl (C=O) groups excluding carboxylic acids is 4. The van der Waals surface area contributed by atoms with Crippen molar-refractivity contribution in [2.24, 2.45) is 17.8 Å². The molecular weight excluding hydrogens is 1280 g/mol. The number of aliphatic hydroxyl groups is 9. The Kier molecular flexibility index (Phi) is 48.6. The van der Waals surface area contributed by atoms with E-state index in [4.69, 9.17) is 85.3 Å². The summed E-state index contributed by atoms with van der Waals surface area (Å²) in [5, 5.41) is 100. The van der Waals surface area contributed by atoms with Crippen molar-refractivity contribution in [3.63, 3.8) is 0 Å². The number of amides is 4. The highest BCUT2D eigenvalue weighted by molar-refractivity contribution is 5.77. The molecule has 15 atom stereocenters. The van der Waals surface area contributed by atoms with Gasteiger partial charge in [0.25, 0.3) is 0 Å². The van der Waals surface area contributed by atoms with Crippen LogP contribution in [0.15, 0.2) is 0 Å². The highest BCUT2D eigenvalue weighted by atomic mass is 16.7. The molecule has 3 aliphatic rings. The summed E-state index contributed by atoms with van der Waals surface area (Å²) in [6.07, 6.45) is -12.8. The van der Waals surface area contributed by atoms with Crippen LogP contribution in [0.25, 0.3) is 0 Å². The number of carbonyl (C=O) groups is 4. The van der Waals surface area contributed by atoms with Crippen LogP contribution in [0.1, 0.15) is 53.4 Å². The van der Waals surface area contributed by atoms with Crippen LogP contribution in [-0.4, -0.2) is 367 Å². The van der Waals surface area contributed by atoms with Crippen molar-refractivity contribution < 1.29 is 150 Å². The van der Waals surface area contributed by atoms with Gasteiger partial charge in [0.15, 0.2) is 18.9 Å².